The molecule has 0 atom stereocenters. The van der Waals surface area contributed by atoms with Crippen LogP contribution in [0.1, 0.15) is 0 Å². The van der Waals surface area contributed by atoms with Gasteiger partial charge >= 0.3 is 0 Å². The van der Waals surface area contributed by atoms with Crippen LogP contribution in [0.4, 0.5) is 4.39 Å². The molecular formula is C32H19FN2S. The van der Waals surface area contributed by atoms with Crippen molar-refractivity contribution in [2.45, 2.75) is 0 Å². The largest absolute Gasteiger partial charge is 0.256 e. The molecule has 0 amide bonds. The van der Waals surface area contributed by atoms with E-state index in [-0.39, 0.29) is 5.82 Å². The molecular weight excluding hydrogens is 463 g/mol. The topological polar surface area (TPSA) is 25.8 Å². The van der Waals surface area contributed by atoms with Crippen LogP contribution in [0.5, 0.6) is 0 Å². The van der Waals surface area contributed by atoms with E-state index in [1.165, 1.54) is 38.7 Å². The van der Waals surface area contributed by atoms with Gasteiger partial charge in [-0.1, -0.05) is 66.7 Å². The SMILES string of the molecule is Fc1ccc(-c2ccc3cc(-c4ccc(-c5cccc6c5sc5ncccc56)cc4)cnc3c2)cc1. The normalized spacial score (nSPS) is 11.5. The molecule has 0 fully saturated rings. The molecule has 3 heterocycles. The van der Waals surface area contributed by atoms with E-state index in [4.69, 9.17) is 4.98 Å². The van der Waals surface area contributed by atoms with Crippen LogP contribution in [0, 0.1) is 5.82 Å². The minimum atomic E-state index is -0.231. The van der Waals surface area contributed by atoms with Crippen molar-refractivity contribution in [2.75, 3.05) is 0 Å². The lowest BCUT2D eigenvalue weighted by atomic mass is 9.98. The zero-order valence-electron chi connectivity index (χ0n) is 19.2. The molecule has 0 N–H and O–H groups in total. The summed E-state index contributed by atoms with van der Waals surface area (Å²) in [5.74, 6) is -0.231. The maximum absolute atomic E-state index is 13.3. The van der Waals surface area contributed by atoms with Crippen molar-refractivity contribution in [1.82, 2.24) is 9.97 Å². The molecule has 0 aliphatic carbocycles. The van der Waals surface area contributed by atoms with Gasteiger partial charge in [-0.3, -0.25) is 4.98 Å². The predicted molar refractivity (Wildman–Crippen MR) is 149 cm³/mol. The number of pyridine rings is 2. The van der Waals surface area contributed by atoms with Crippen molar-refractivity contribution >= 4 is 42.5 Å². The third-order valence-electron chi connectivity index (χ3n) is 6.67. The van der Waals surface area contributed by atoms with Gasteiger partial charge < -0.3 is 0 Å². The molecule has 7 rings (SSSR count). The Morgan fingerprint density at radius 3 is 2.17 bits per heavy atom. The van der Waals surface area contributed by atoms with E-state index in [1.54, 1.807) is 23.5 Å². The molecule has 0 aliphatic heterocycles. The molecule has 0 unspecified atom stereocenters. The number of hydrogen-bond donors (Lipinski definition) is 0. The van der Waals surface area contributed by atoms with Gasteiger partial charge in [0.1, 0.15) is 10.6 Å². The Labute approximate surface area is 211 Å². The van der Waals surface area contributed by atoms with E-state index in [0.29, 0.717) is 0 Å². The second-order valence-electron chi connectivity index (χ2n) is 8.86. The van der Waals surface area contributed by atoms with Crippen LogP contribution in [0.15, 0.2) is 116 Å². The number of aromatic nitrogens is 2. The molecule has 0 bridgehead atoms. The number of nitrogens with zero attached hydrogens (tertiary/aromatic N) is 2. The average Bonchev–Trinajstić information content (AvgIpc) is 3.32. The van der Waals surface area contributed by atoms with E-state index in [9.17, 15) is 4.39 Å². The zero-order valence-corrected chi connectivity index (χ0v) is 20.0. The summed E-state index contributed by atoms with van der Waals surface area (Å²) >= 11 is 1.75. The van der Waals surface area contributed by atoms with Crippen LogP contribution in [0.25, 0.3) is 64.6 Å². The standard InChI is InChI=1S/C32H19FN2S/c33-26-14-12-20(13-15-26)23-10-11-24-17-25(19-35-30(24)18-23)21-6-8-22(9-7-21)27-3-1-4-28-29-5-2-16-34-32(29)36-31(27)28/h1-19H. The quantitative estimate of drug-likeness (QED) is 0.251. The van der Waals surface area contributed by atoms with Crippen molar-refractivity contribution in [1.29, 1.82) is 0 Å². The Kier molecular flexibility index (Phi) is 4.86. The van der Waals surface area contributed by atoms with E-state index in [2.05, 4.69) is 77.8 Å². The first-order valence-corrected chi connectivity index (χ1v) is 12.6. The summed E-state index contributed by atoms with van der Waals surface area (Å²) in [7, 11) is 0. The van der Waals surface area contributed by atoms with E-state index >= 15 is 0 Å². The minimum absolute atomic E-state index is 0.231. The van der Waals surface area contributed by atoms with Crippen LogP contribution in [0.2, 0.25) is 0 Å². The Morgan fingerprint density at radius 1 is 0.583 bits per heavy atom. The van der Waals surface area contributed by atoms with Gasteiger partial charge in [0.15, 0.2) is 0 Å². The lowest BCUT2D eigenvalue weighted by Gasteiger charge is -2.08. The molecule has 3 aromatic heterocycles. The van der Waals surface area contributed by atoms with Crippen molar-refractivity contribution < 1.29 is 4.39 Å². The number of rotatable bonds is 3. The molecule has 0 saturated heterocycles. The lowest BCUT2D eigenvalue weighted by molar-refractivity contribution is 0.628. The first kappa shape index (κ1) is 20.9. The third kappa shape index (κ3) is 3.55. The van der Waals surface area contributed by atoms with Crippen LogP contribution >= 0.6 is 11.3 Å². The smallest absolute Gasteiger partial charge is 0.124 e. The van der Waals surface area contributed by atoms with Crippen molar-refractivity contribution in [3.8, 4) is 33.4 Å². The number of halogens is 1. The molecule has 36 heavy (non-hydrogen) atoms. The Hall–Kier alpha value is -4.41. The lowest BCUT2D eigenvalue weighted by Crippen LogP contribution is -1.86. The summed E-state index contributed by atoms with van der Waals surface area (Å²) in [6.07, 6.45) is 3.78. The van der Waals surface area contributed by atoms with Gasteiger partial charge in [-0.15, -0.1) is 11.3 Å². The Morgan fingerprint density at radius 2 is 1.31 bits per heavy atom. The number of thiophene rings is 1. The van der Waals surface area contributed by atoms with Gasteiger partial charge in [0.05, 0.1) is 5.52 Å². The van der Waals surface area contributed by atoms with Crippen molar-refractivity contribution in [2.24, 2.45) is 0 Å². The second-order valence-corrected chi connectivity index (χ2v) is 9.86. The predicted octanol–water partition coefficient (Wildman–Crippen LogP) is 9.14. The van der Waals surface area contributed by atoms with Gasteiger partial charge in [-0.2, -0.15) is 0 Å². The highest BCUT2D eigenvalue weighted by atomic mass is 32.1. The summed E-state index contributed by atoms with van der Waals surface area (Å²) in [6.45, 7) is 0. The molecule has 0 spiro atoms. The summed E-state index contributed by atoms with van der Waals surface area (Å²) in [6, 6.07) is 34.2. The fourth-order valence-corrected chi connectivity index (χ4v) is 5.98. The molecule has 4 aromatic carbocycles. The number of fused-ring (bicyclic) bond motifs is 4. The van der Waals surface area contributed by atoms with Crippen LogP contribution in [-0.2, 0) is 0 Å². The van der Waals surface area contributed by atoms with Crippen LogP contribution < -0.4 is 0 Å². The molecule has 170 valence electrons. The fraction of sp³-hybridized carbons (Fsp3) is 0. The Balaban J connectivity index is 1.23. The first-order chi connectivity index (χ1) is 17.7. The van der Waals surface area contributed by atoms with Gasteiger partial charge in [0.2, 0.25) is 0 Å². The number of hydrogen-bond acceptors (Lipinski definition) is 3. The molecule has 7 aromatic rings. The van der Waals surface area contributed by atoms with Crippen LogP contribution in [-0.4, -0.2) is 9.97 Å². The summed E-state index contributed by atoms with van der Waals surface area (Å²) in [4.78, 5) is 10.4. The van der Waals surface area contributed by atoms with Crippen LogP contribution in [0.3, 0.4) is 0 Å². The summed E-state index contributed by atoms with van der Waals surface area (Å²) in [5, 5.41) is 3.54. The van der Waals surface area contributed by atoms with Gasteiger partial charge in [0.25, 0.3) is 0 Å². The molecule has 0 aliphatic rings. The highest BCUT2D eigenvalue weighted by Gasteiger charge is 2.11. The first-order valence-electron chi connectivity index (χ1n) is 11.8. The van der Waals surface area contributed by atoms with Gasteiger partial charge in [-0.05, 0) is 64.2 Å². The molecule has 0 radical (unpaired) electrons. The fourth-order valence-electron chi connectivity index (χ4n) is 4.80. The maximum atomic E-state index is 13.3. The second kappa shape index (κ2) is 8.36. The molecule has 4 heteroatoms. The zero-order chi connectivity index (χ0) is 24.1. The highest BCUT2D eigenvalue weighted by Crippen LogP contribution is 2.39. The average molecular weight is 483 g/mol. The van der Waals surface area contributed by atoms with Crippen molar-refractivity contribution in [3.05, 3.63) is 121 Å². The minimum Gasteiger partial charge on any atom is -0.256 e. The molecule has 0 saturated carbocycles. The van der Waals surface area contributed by atoms with E-state index in [1.807, 2.05) is 18.5 Å². The van der Waals surface area contributed by atoms with Gasteiger partial charge in [-0.25, -0.2) is 9.37 Å². The van der Waals surface area contributed by atoms with E-state index < -0.39 is 0 Å². The summed E-state index contributed by atoms with van der Waals surface area (Å²) in [5.41, 5.74) is 7.54. The Bertz CT molecular complexity index is 1890. The summed E-state index contributed by atoms with van der Waals surface area (Å²) < 4.78 is 14.5. The van der Waals surface area contributed by atoms with Gasteiger partial charge in [0, 0.05) is 38.8 Å². The van der Waals surface area contributed by atoms with Crippen molar-refractivity contribution in [3.63, 3.8) is 0 Å². The highest BCUT2D eigenvalue weighted by molar-refractivity contribution is 7.26. The monoisotopic (exact) mass is 482 g/mol. The third-order valence-corrected chi connectivity index (χ3v) is 7.83. The number of benzene rings is 4. The molecule has 2 nitrogen and oxygen atoms in total. The van der Waals surface area contributed by atoms with E-state index in [0.717, 1.165) is 38.0 Å². The maximum Gasteiger partial charge on any atom is 0.124 e.